The summed E-state index contributed by atoms with van der Waals surface area (Å²) in [6.45, 7) is 5.62. The lowest BCUT2D eigenvalue weighted by molar-refractivity contribution is -0.131. The van der Waals surface area contributed by atoms with Crippen LogP contribution in [0.15, 0.2) is 24.3 Å². The molecule has 3 nitrogen and oxygen atoms in total. The molecule has 0 unspecified atom stereocenters. The minimum Gasteiger partial charge on any atom is -0.497 e. The Morgan fingerprint density at radius 1 is 1.11 bits per heavy atom. The van der Waals surface area contributed by atoms with Gasteiger partial charge in [-0.1, -0.05) is 32.4 Å². The summed E-state index contributed by atoms with van der Waals surface area (Å²) in [7, 11) is 1.66. The number of benzene rings is 1. The fraction of sp³-hybridized carbons (Fsp3) is 0.562. The van der Waals surface area contributed by atoms with Crippen molar-refractivity contribution < 1.29 is 9.53 Å². The highest BCUT2D eigenvalue weighted by atomic mass is 16.5. The molecule has 1 aliphatic rings. The topological polar surface area (TPSA) is 29.5 Å². The first-order valence-corrected chi connectivity index (χ1v) is 7.20. The molecule has 0 atom stereocenters. The van der Waals surface area contributed by atoms with Crippen LogP contribution in [0.4, 0.5) is 0 Å². The van der Waals surface area contributed by atoms with Gasteiger partial charge in [-0.3, -0.25) is 4.79 Å². The number of nitrogens with zero attached hydrogens (tertiary/aromatic N) is 1. The SMILES string of the molecule is CC.COc1ccc(CN2CCCCCC2=O)cc1. The van der Waals surface area contributed by atoms with Gasteiger partial charge in [-0.25, -0.2) is 0 Å². The zero-order valence-electron chi connectivity index (χ0n) is 12.3. The molecule has 2 rings (SSSR count). The molecule has 0 saturated carbocycles. The molecule has 1 fully saturated rings. The molecule has 0 aliphatic carbocycles. The van der Waals surface area contributed by atoms with E-state index in [0.29, 0.717) is 12.3 Å². The van der Waals surface area contributed by atoms with Gasteiger partial charge < -0.3 is 9.64 Å². The van der Waals surface area contributed by atoms with Gasteiger partial charge >= 0.3 is 0 Å². The minimum absolute atomic E-state index is 0.290. The first-order valence-electron chi connectivity index (χ1n) is 7.20. The average Bonchev–Trinajstić information content (AvgIpc) is 2.67. The summed E-state index contributed by atoms with van der Waals surface area (Å²) in [4.78, 5) is 13.8. The van der Waals surface area contributed by atoms with Crippen LogP contribution < -0.4 is 4.74 Å². The van der Waals surface area contributed by atoms with E-state index in [9.17, 15) is 4.79 Å². The Kier molecular flexibility index (Phi) is 7.01. The van der Waals surface area contributed by atoms with E-state index in [0.717, 1.165) is 31.7 Å². The molecule has 1 amide bonds. The number of hydrogen-bond acceptors (Lipinski definition) is 2. The first kappa shape index (κ1) is 15.5. The maximum absolute atomic E-state index is 11.8. The zero-order chi connectivity index (χ0) is 14.1. The Bertz CT molecular complexity index is 373. The number of hydrogen-bond donors (Lipinski definition) is 0. The van der Waals surface area contributed by atoms with Gasteiger partial charge in [0.25, 0.3) is 0 Å². The van der Waals surface area contributed by atoms with Crippen molar-refractivity contribution in [2.24, 2.45) is 0 Å². The van der Waals surface area contributed by atoms with Gasteiger partial charge in [0.15, 0.2) is 0 Å². The molecule has 1 aromatic carbocycles. The van der Waals surface area contributed by atoms with E-state index in [1.54, 1.807) is 7.11 Å². The molecule has 0 aromatic heterocycles. The van der Waals surface area contributed by atoms with Crippen molar-refractivity contribution in [2.75, 3.05) is 13.7 Å². The third-order valence-electron chi connectivity index (χ3n) is 3.20. The zero-order valence-corrected chi connectivity index (χ0v) is 12.3. The molecular weight excluding hydrogens is 238 g/mol. The highest BCUT2D eigenvalue weighted by Crippen LogP contribution is 2.16. The smallest absolute Gasteiger partial charge is 0.222 e. The van der Waals surface area contributed by atoms with Gasteiger partial charge in [0.2, 0.25) is 5.91 Å². The molecule has 0 N–H and O–H groups in total. The van der Waals surface area contributed by atoms with Gasteiger partial charge in [-0.15, -0.1) is 0 Å². The standard InChI is InChI=1S/C14H19NO2.C2H6/c1-17-13-8-6-12(7-9-13)11-15-10-4-2-3-5-14(15)16;1-2/h6-9H,2-5,10-11H2,1H3;1-2H3. The largest absolute Gasteiger partial charge is 0.497 e. The summed E-state index contributed by atoms with van der Waals surface area (Å²) < 4.78 is 5.12. The number of rotatable bonds is 3. The third-order valence-corrected chi connectivity index (χ3v) is 3.20. The minimum atomic E-state index is 0.290. The predicted octanol–water partition coefficient (Wildman–Crippen LogP) is 3.62. The summed E-state index contributed by atoms with van der Waals surface area (Å²) in [6, 6.07) is 7.93. The van der Waals surface area contributed by atoms with E-state index in [2.05, 4.69) is 0 Å². The molecule has 1 aliphatic heterocycles. The lowest BCUT2D eigenvalue weighted by Crippen LogP contribution is -2.29. The molecule has 1 saturated heterocycles. The van der Waals surface area contributed by atoms with Crippen molar-refractivity contribution in [1.29, 1.82) is 0 Å². The Balaban J connectivity index is 0.000000861. The molecule has 3 heteroatoms. The number of ether oxygens (including phenoxy) is 1. The number of methoxy groups -OCH3 is 1. The summed E-state index contributed by atoms with van der Waals surface area (Å²) in [5.74, 6) is 1.15. The second-order valence-corrected chi connectivity index (χ2v) is 4.47. The number of carbonyl (C=O) groups is 1. The quantitative estimate of drug-likeness (QED) is 0.833. The second kappa shape index (κ2) is 8.57. The molecule has 0 spiro atoms. The van der Waals surface area contributed by atoms with Crippen molar-refractivity contribution in [3.63, 3.8) is 0 Å². The lowest BCUT2D eigenvalue weighted by Gasteiger charge is -2.20. The van der Waals surface area contributed by atoms with Crippen molar-refractivity contribution in [3.05, 3.63) is 29.8 Å². The van der Waals surface area contributed by atoms with Crippen LogP contribution in [0.25, 0.3) is 0 Å². The van der Waals surface area contributed by atoms with Gasteiger partial charge in [0.05, 0.1) is 7.11 Å². The van der Waals surface area contributed by atoms with Crippen molar-refractivity contribution >= 4 is 5.91 Å². The molecule has 1 aromatic rings. The first-order chi connectivity index (χ1) is 9.29. The highest BCUT2D eigenvalue weighted by molar-refractivity contribution is 5.76. The Morgan fingerprint density at radius 2 is 1.79 bits per heavy atom. The van der Waals surface area contributed by atoms with E-state index in [1.807, 2.05) is 43.0 Å². The van der Waals surface area contributed by atoms with Crippen LogP contribution in [0.5, 0.6) is 5.75 Å². The third kappa shape index (κ3) is 4.93. The Labute approximate surface area is 116 Å². The normalized spacial score (nSPS) is 15.3. The Morgan fingerprint density at radius 3 is 2.42 bits per heavy atom. The molecule has 1 heterocycles. The van der Waals surface area contributed by atoms with Crippen LogP contribution in [0.2, 0.25) is 0 Å². The number of amides is 1. The molecule has 0 radical (unpaired) electrons. The van der Waals surface area contributed by atoms with Gasteiger partial charge in [-0.2, -0.15) is 0 Å². The fourth-order valence-electron chi connectivity index (χ4n) is 2.16. The molecular formula is C16H25NO2. The molecule has 19 heavy (non-hydrogen) atoms. The van der Waals surface area contributed by atoms with Crippen LogP contribution in [0, 0.1) is 0 Å². The maximum atomic E-state index is 11.8. The second-order valence-electron chi connectivity index (χ2n) is 4.47. The average molecular weight is 263 g/mol. The van der Waals surface area contributed by atoms with E-state index in [1.165, 1.54) is 12.0 Å². The van der Waals surface area contributed by atoms with E-state index in [4.69, 9.17) is 4.74 Å². The van der Waals surface area contributed by atoms with E-state index in [-0.39, 0.29) is 0 Å². The van der Waals surface area contributed by atoms with Crippen LogP contribution in [-0.2, 0) is 11.3 Å². The monoisotopic (exact) mass is 263 g/mol. The maximum Gasteiger partial charge on any atom is 0.222 e. The Hall–Kier alpha value is -1.51. The van der Waals surface area contributed by atoms with Crippen molar-refractivity contribution in [3.8, 4) is 5.75 Å². The summed E-state index contributed by atoms with van der Waals surface area (Å²) in [5.41, 5.74) is 1.17. The number of carbonyl (C=O) groups excluding carboxylic acids is 1. The summed E-state index contributed by atoms with van der Waals surface area (Å²) in [6.07, 6.45) is 4.04. The lowest BCUT2D eigenvalue weighted by atomic mass is 10.2. The fourth-order valence-corrected chi connectivity index (χ4v) is 2.16. The van der Waals surface area contributed by atoms with Crippen molar-refractivity contribution in [1.82, 2.24) is 4.90 Å². The summed E-state index contributed by atoms with van der Waals surface area (Å²) in [5, 5.41) is 0. The van der Waals surface area contributed by atoms with Crippen LogP contribution >= 0.6 is 0 Å². The van der Waals surface area contributed by atoms with Crippen LogP contribution in [0.1, 0.15) is 45.1 Å². The van der Waals surface area contributed by atoms with Gasteiger partial charge in [0.1, 0.15) is 5.75 Å². The number of likely N-dealkylation sites (tertiary alicyclic amines) is 1. The van der Waals surface area contributed by atoms with Crippen LogP contribution in [0.3, 0.4) is 0 Å². The van der Waals surface area contributed by atoms with Crippen LogP contribution in [-0.4, -0.2) is 24.5 Å². The predicted molar refractivity (Wildman–Crippen MR) is 78.2 cm³/mol. The van der Waals surface area contributed by atoms with E-state index >= 15 is 0 Å². The molecule has 0 bridgehead atoms. The van der Waals surface area contributed by atoms with Gasteiger partial charge in [0, 0.05) is 19.5 Å². The van der Waals surface area contributed by atoms with Crippen molar-refractivity contribution in [2.45, 2.75) is 46.1 Å². The summed E-state index contributed by atoms with van der Waals surface area (Å²) >= 11 is 0. The highest BCUT2D eigenvalue weighted by Gasteiger charge is 2.16. The van der Waals surface area contributed by atoms with E-state index < -0.39 is 0 Å². The van der Waals surface area contributed by atoms with Gasteiger partial charge in [-0.05, 0) is 30.5 Å². The molecule has 106 valence electrons.